The van der Waals surface area contributed by atoms with Crippen LogP contribution in [-0.4, -0.2) is 22.3 Å². The first-order chi connectivity index (χ1) is 12.9. The van der Waals surface area contributed by atoms with Crippen molar-refractivity contribution in [3.63, 3.8) is 0 Å². The van der Waals surface area contributed by atoms with Crippen LogP contribution in [0.1, 0.15) is 64.4 Å². The first kappa shape index (κ1) is 22.2. The maximum absolute atomic E-state index is 12.3. The van der Waals surface area contributed by atoms with Crippen molar-refractivity contribution >= 4 is 38.6 Å². The van der Waals surface area contributed by atoms with E-state index in [-0.39, 0.29) is 22.3 Å². The lowest BCUT2D eigenvalue weighted by Gasteiger charge is -2.26. The molecule has 0 aliphatic carbocycles. The fourth-order valence-electron chi connectivity index (χ4n) is 3.21. The van der Waals surface area contributed by atoms with Crippen LogP contribution in [0.15, 0.2) is 40.6 Å². The molecule has 0 saturated heterocycles. The molecule has 1 aromatic carbocycles. The van der Waals surface area contributed by atoms with Crippen LogP contribution >= 0.6 is 27.7 Å². The largest absolute Gasteiger partial charge is 0.489 e. The number of unbranched alkanes of at least 4 members (excludes halogenated alkanes) is 5. The number of thioether (sulfide) groups is 1. The molecule has 0 bridgehead atoms. The Kier molecular flexibility index (Phi) is 9.10. The van der Waals surface area contributed by atoms with Gasteiger partial charge in [0.15, 0.2) is 5.78 Å². The molecule has 1 unspecified atom stereocenters. The Bertz CT molecular complexity index is 669. The summed E-state index contributed by atoms with van der Waals surface area (Å²) in [5.74, 6) is 0.680. The molecule has 0 radical (unpaired) electrons. The van der Waals surface area contributed by atoms with E-state index in [1.165, 1.54) is 43.9 Å². The van der Waals surface area contributed by atoms with Crippen LogP contribution in [0, 0.1) is 0 Å². The maximum atomic E-state index is 12.3. The monoisotopic (exact) mass is 452 g/mol. The summed E-state index contributed by atoms with van der Waals surface area (Å²) in [6, 6.07) is 7.71. The van der Waals surface area contributed by atoms with Gasteiger partial charge in [-0.1, -0.05) is 85.3 Å². The number of hydrogen-bond donors (Lipinski definition) is 0. The third-order valence-corrected chi connectivity index (χ3v) is 6.51. The Morgan fingerprint density at radius 1 is 1.11 bits per heavy atom. The van der Waals surface area contributed by atoms with E-state index in [1.807, 2.05) is 24.3 Å². The van der Waals surface area contributed by atoms with Gasteiger partial charge in [0.25, 0.3) is 0 Å². The number of benzene rings is 1. The minimum absolute atomic E-state index is 0.0157. The van der Waals surface area contributed by atoms with Crippen LogP contribution in [0.3, 0.4) is 0 Å². The van der Waals surface area contributed by atoms with Gasteiger partial charge in [-0.2, -0.15) is 0 Å². The Balaban J connectivity index is 1.80. The molecule has 3 nitrogen and oxygen atoms in total. The highest BCUT2D eigenvalue weighted by Crippen LogP contribution is 2.44. The molecule has 2 rings (SSSR count). The second-order valence-electron chi connectivity index (χ2n) is 7.31. The summed E-state index contributed by atoms with van der Waals surface area (Å²) in [5, 5.41) is 0.0267. The molecule has 5 heteroatoms. The van der Waals surface area contributed by atoms with Crippen LogP contribution in [0.5, 0.6) is 0 Å². The number of carbonyl (C=O) groups excluding carboxylic acids is 2. The Hall–Kier alpha value is -1.07. The number of ether oxygens (including phenoxy) is 1. The summed E-state index contributed by atoms with van der Waals surface area (Å²) >= 11 is 4.72. The van der Waals surface area contributed by atoms with Crippen molar-refractivity contribution in [3.8, 4) is 0 Å². The Morgan fingerprint density at radius 3 is 2.48 bits per heavy atom. The number of halogens is 1. The standard InChI is InChI=1S/C22H29BrO3S/c1-3-4-5-6-7-8-13-22(2)20(15-21(25)27-22)26-16-19(24)14-17-9-11-18(23)12-10-17/h9-12,15H,3-8,13-14,16H2,1-2H3. The van der Waals surface area contributed by atoms with E-state index in [0.29, 0.717) is 12.2 Å². The molecule has 0 fully saturated rings. The predicted octanol–water partition coefficient (Wildman–Crippen LogP) is 6.24. The van der Waals surface area contributed by atoms with Gasteiger partial charge < -0.3 is 4.74 Å². The van der Waals surface area contributed by atoms with Gasteiger partial charge >= 0.3 is 0 Å². The molecule has 1 aromatic rings. The zero-order valence-electron chi connectivity index (χ0n) is 16.3. The molecule has 0 spiro atoms. The fourth-order valence-corrected chi connectivity index (χ4v) is 4.55. The third-order valence-electron chi connectivity index (χ3n) is 4.81. The molecule has 0 N–H and O–H groups in total. The zero-order chi connectivity index (χ0) is 19.7. The molecule has 1 heterocycles. The minimum Gasteiger partial charge on any atom is -0.489 e. The number of rotatable bonds is 12. The molecule has 148 valence electrons. The van der Waals surface area contributed by atoms with E-state index < -0.39 is 0 Å². The van der Waals surface area contributed by atoms with Crippen molar-refractivity contribution < 1.29 is 14.3 Å². The van der Waals surface area contributed by atoms with E-state index in [1.54, 1.807) is 6.08 Å². The summed E-state index contributed by atoms with van der Waals surface area (Å²) in [6.45, 7) is 4.29. The fraction of sp³-hybridized carbons (Fsp3) is 0.545. The molecule has 0 saturated carbocycles. The minimum atomic E-state index is -0.334. The van der Waals surface area contributed by atoms with Gasteiger partial charge in [-0.3, -0.25) is 9.59 Å². The molecule has 1 aliphatic heterocycles. The van der Waals surface area contributed by atoms with Crippen molar-refractivity contribution in [1.29, 1.82) is 0 Å². The van der Waals surface area contributed by atoms with Crippen LogP contribution in [0.25, 0.3) is 0 Å². The molecule has 0 amide bonds. The normalized spacial score (nSPS) is 19.2. The first-order valence-corrected chi connectivity index (χ1v) is 11.4. The lowest BCUT2D eigenvalue weighted by atomic mass is 9.99. The van der Waals surface area contributed by atoms with Crippen LogP contribution in [0.2, 0.25) is 0 Å². The highest BCUT2D eigenvalue weighted by Gasteiger charge is 2.39. The summed E-state index contributed by atoms with van der Waals surface area (Å²) in [6.07, 6.45) is 10.1. The van der Waals surface area contributed by atoms with Gasteiger partial charge in [0.1, 0.15) is 12.4 Å². The van der Waals surface area contributed by atoms with Crippen LogP contribution < -0.4 is 0 Å². The molecule has 0 aromatic heterocycles. The van der Waals surface area contributed by atoms with Crippen LogP contribution in [0.4, 0.5) is 0 Å². The van der Waals surface area contributed by atoms with E-state index >= 15 is 0 Å². The van der Waals surface area contributed by atoms with Crippen LogP contribution in [-0.2, 0) is 20.7 Å². The molecule has 1 atom stereocenters. The van der Waals surface area contributed by atoms with E-state index in [9.17, 15) is 9.59 Å². The number of hydrogen-bond acceptors (Lipinski definition) is 4. The van der Waals surface area contributed by atoms with Gasteiger partial charge in [0.2, 0.25) is 5.12 Å². The first-order valence-electron chi connectivity index (χ1n) is 9.77. The highest BCUT2D eigenvalue weighted by molar-refractivity contribution is 9.10. The number of Topliss-reactive ketones (excluding diaryl/α,β-unsaturated/α-hetero) is 1. The lowest BCUT2D eigenvalue weighted by Crippen LogP contribution is -2.24. The van der Waals surface area contributed by atoms with Gasteiger partial charge in [0, 0.05) is 17.0 Å². The molecule has 27 heavy (non-hydrogen) atoms. The van der Waals surface area contributed by atoms with Crippen molar-refractivity contribution in [3.05, 3.63) is 46.1 Å². The lowest BCUT2D eigenvalue weighted by molar-refractivity contribution is -0.122. The second kappa shape index (κ2) is 11.1. The van der Waals surface area contributed by atoms with Crippen molar-refractivity contribution in [2.24, 2.45) is 0 Å². The second-order valence-corrected chi connectivity index (χ2v) is 9.73. The molecular weight excluding hydrogens is 424 g/mol. The van der Waals surface area contributed by atoms with Gasteiger partial charge in [-0.25, -0.2) is 0 Å². The number of carbonyl (C=O) groups is 2. The summed E-state index contributed by atoms with van der Waals surface area (Å²) in [7, 11) is 0. The van der Waals surface area contributed by atoms with E-state index in [4.69, 9.17) is 4.74 Å². The highest BCUT2D eigenvalue weighted by atomic mass is 79.9. The summed E-state index contributed by atoms with van der Waals surface area (Å²) in [5.41, 5.74) is 0.965. The molecular formula is C22H29BrO3S. The summed E-state index contributed by atoms with van der Waals surface area (Å²) in [4.78, 5) is 24.2. The maximum Gasteiger partial charge on any atom is 0.216 e. The summed E-state index contributed by atoms with van der Waals surface area (Å²) < 4.78 is 6.46. The Morgan fingerprint density at radius 2 is 1.78 bits per heavy atom. The molecule has 1 aliphatic rings. The van der Waals surface area contributed by atoms with Crippen molar-refractivity contribution in [2.75, 3.05) is 6.61 Å². The topological polar surface area (TPSA) is 43.4 Å². The predicted molar refractivity (Wildman–Crippen MR) is 116 cm³/mol. The average molecular weight is 453 g/mol. The van der Waals surface area contributed by atoms with E-state index in [0.717, 1.165) is 22.9 Å². The smallest absolute Gasteiger partial charge is 0.216 e. The van der Waals surface area contributed by atoms with E-state index in [2.05, 4.69) is 29.8 Å². The van der Waals surface area contributed by atoms with Gasteiger partial charge in [-0.15, -0.1) is 0 Å². The van der Waals surface area contributed by atoms with Crippen molar-refractivity contribution in [1.82, 2.24) is 0 Å². The zero-order valence-corrected chi connectivity index (χ0v) is 18.7. The SMILES string of the molecule is CCCCCCCCC1(C)SC(=O)C=C1OCC(=O)Cc1ccc(Br)cc1. The van der Waals surface area contributed by atoms with Gasteiger partial charge in [-0.05, 0) is 31.0 Å². The quantitative estimate of drug-likeness (QED) is 0.351. The third kappa shape index (κ3) is 7.46. The Labute approximate surface area is 175 Å². The van der Waals surface area contributed by atoms with Crippen molar-refractivity contribution in [2.45, 2.75) is 70.0 Å². The van der Waals surface area contributed by atoms with Gasteiger partial charge in [0.05, 0.1) is 4.75 Å². The average Bonchev–Trinajstić information content (AvgIpc) is 2.92. The number of ketones is 1.